The molecule has 0 spiro atoms. The van der Waals surface area contributed by atoms with Crippen molar-refractivity contribution in [1.82, 2.24) is 9.97 Å². The Balaban J connectivity index is 1.92. The van der Waals surface area contributed by atoms with Gasteiger partial charge in [-0.3, -0.25) is 4.79 Å². The van der Waals surface area contributed by atoms with Crippen LogP contribution in [0.25, 0.3) is 33.5 Å². The Morgan fingerprint density at radius 3 is 2.38 bits per heavy atom. The number of esters is 1. The third kappa shape index (κ3) is 3.79. The van der Waals surface area contributed by atoms with E-state index in [4.69, 9.17) is 22.1 Å². The van der Waals surface area contributed by atoms with Gasteiger partial charge in [-0.25, -0.2) is 14.6 Å². The summed E-state index contributed by atoms with van der Waals surface area (Å²) < 4.78 is 4.75. The van der Waals surface area contributed by atoms with E-state index in [0.29, 0.717) is 44.1 Å². The zero-order chi connectivity index (χ0) is 23.0. The minimum absolute atomic E-state index is 0.0776. The van der Waals surface area contributed by atoms with Gasteiger partial charge in [0.2, 0.25) is 5.91 Å². The van der Waals surface area contributed by atoms with Crippen molar-refractivity contribution in [3.05, 3.63) is 76.3 Å². The fourth-order valence-corrected chi connectivity index (χ4v) is 3.61. The number of hydrogen-bond donors (Lipinski definition) is 3. The Labute approximate surface area is 186 Å². The average molecular weight is 450 g/mol. The van der Waals surface area contributed by atoms with Gasteiger partial charge in [-0.1, -0.05) is 17.7 Å². The van der Waals surface area contributed by atoms with E-state index in [0.717, 1.165) is 0 Å². The number of halogens is 1. The lowest BCUT2D eigenvalue weighted by Gasteiger charge is -2.12. The molecule has 8 nitrogen and oxygen atoms in total. The zero-order valence-corrected chi connectivity index (χ0v) is 17.4. The number of methoxy groups -OCH3 is 1. The van der Waals surface area contributed by atoms with E-state index in [2.05, 4.69) is 9.97 Å². The van der Waals surface area contributed by atoms with Gasteiger partial charge in [0.05, 0.1) is 29.3 Å². The summed E-state index contributed by atoms with van der Waals surface area (Å²) in [5.74, 6) is -1.98. The van der Waals surface area contributed by atoms with Crippen molar-refractivity contribution < 1.29 is 24.2 Å². The van der Waals surface area contributed by atoms with Crippen LogP contribution in [-0.2, 0) is 4.74 Å². The van der Waals surface area contributed by atoms with Gasteiger partial charge >= 0.3 is 11.9 Å². The number of amides is 1. The van der Waals surface area contributed by atoms with Crippen LogP contribution < -0.4 is 5.73 Å². The first kappa shape index (κ1) is 21.1. The lowest BCUT2D eigenvalue weighted by Crippen LogP contribution is -2.12. The van der Waals surface area contributed by atoms with Crippen LogP contribution in [0, 0.1) is 0 Å². The van der Waals surface area contributed by atoms with Crippen LogP contribution in [0.15, 0.2) is 54.6 Å². The number of hydrogen-bond acceptors (Lipinski definition) is 5. The van der Waals surface area contributed by atoms with Gasteiger partial charge in [0, 0.05) is 16.1 Å². The van der Waals surface area contributed by atoms with Crippen LogP contribution in [0.1, 0.15) is 31.1 Å². The molecule has 1 aromatic heterocycles. The maximum atomic E-state index is 11.9. The predicted molar refractivity (Wildman–Crippen MR) is 119 cm³/mol. The first-order valence-electron chi connectivity index (χ1n) is 9.34. The second-order valence-electron chi connectivity index (χ2n) is 6.93. The second kappa shape index (κ2) is 8.16. The average Bonchev–Trinajstić information content (AvgIpc) is 3.21. The number of rotatable bonds is 5. The molecule has 0 aliphatic carbocycles. The second-order valence-corrected chi connectivity index (χ2v) is 7.37. The molecule has 3 aromatic carbocycles. The molecule has 0 saturated heterocycles. The fraction of sp³-hybridized carbons (Fsp3) is 0.0435. The first-order chi connectivity index (χ1) is 15.3. The number of carboxylic acid groups (broad SMARTS) is 1. The Hall–Kier alpha value is -4.17. The first-order valence-corrected chi connectivity index (χ1v) is 9.72. The summed E-state index contributed by atoms with van der Waals surface area (Å²) in [6.07, 6.45) is 0. The molecule has 160 valence electrons. The molecule has 0 fully saturated rings. The maximum Gasteiger partial charge on any atom is 0.337 e. The van der Waals surface area contributed by atoms with Gasteiger partial charge in [-0.15, -0.1) is 0 Å². The Morgan fingerprint density at radius 2 is 1.69 bits per heavy atom. The Morgan fingerprint density at radius 1 is 0.969 bits per heavy atom. The van der Waals surface area contributed by atoms with E-state index >= 15 is 0 Å². The van der Waals surface area contributed by atoms with Crippen molar-refractivity contribution in [2.75, 3.05) is 7.11 Å². The van der Waals surface area contributed by atoms with Crippen LogP contribution >= 0.6 is 11.6 Å². The number of carbonyl (C=O) groups is 3. The molecule has 32 heavy (non-hydrogen) atoms. The van der Waals surface area contributed by atoms with Crippen molar-refractivity contribution in [1.29, 1.82) is 0 Å². The Bertz CT molecular complexity index is 1410. The highest BCUT2D eigenvalue weighted by atomic mass is 35.5. The number of aromatic nitrogens is 2. The zero-order valence-electron chi connectivity index (χ0n) is 16.7. The molecular weight excluding hydrogens is 434 g/mol. The number of primary amides is 1. The minimum atomic E-state index is -1.22. The molecule has 0 saturated carbocycles. The van der Waals surface area contributed by atoms with Gasteiger partial charge in [-0.2, -0.15) is 0 Å². The van der Waals surface area contributed by atoms with Crippen LogP contribution in [0.3, 0.4) is 0 Å². The van der Waals surface area contributed by atoms with E-state index in [1.54, 1.807) is 36.4 Å². The highest BCUT2D eigenvalue weighted by Gasteiger charge is 2.20. The summed E-state index contributed by atoms with van der Waals surface area (Å²) in [6.45, 7) is 0. The number of carbonyl (C=O) groups excluding carboxylic acids is 2. The number of imidazole rings is 1. The van der Waals surface area contributed by atoms with E-state index in [1.165, 1.54) is 25.3 Å². The van der Waals surface area contributed by atoms with Crippen molar-refractivity contribution in [2.45, 2.75) is 0 Å². The number of nitrogens with zero attached hydrogens (tertiary/aromatic N) is 1. The molecule has 4 rings (SSSR count). The highest BCUT2D eigenvalue weighted by molar-refractivity contribution is 6.31. The SMILES string of the molecule is COC(=O)c1ccc2nc(-c3ccc(Cl)cc3-c3ccc(C(N)=O)cc3C(=O)O)[nH]c2c1. The molecule has 0 radical (unpaired) electrons. The molecule has 4 aromatic rings. The van der Waals surface area contributed by atoms with Crippen molar-refractivity contribution >= 4 is 40.5 Å². The Kier molecular flexibility index (Phi) is 5.38. The number of nitrogens with two attached hydrogens (primary N) is 1. The van der Waals surface area contributed by atoms with E-state index < -0.39 is 17.8 Å². The monoisotopic (exact) mass is 449 g/mol. The summed E-state index contributed by atoms with van der Waals surface area (Å²) in [6, 6.07) is 14.1. The van der Waals surface area contributed by atoms with Crippen molar-refractivity contribution in [2.24, 2.45) is 5.73 Å². The smallest absolute Gasteiger partial charge is 0.337 e. The molecule has 0 atom stereocenters. The van der Waals surface area contributed by atoms with E-state index in [-0.39, 0.29) is 11.1 Å². The number of nitrogens with one attached hydrogen (secondary N) is 1. The standard InChI is InChI=1S/C23H16ClN3O5/c1-32-23(31)12-3-7-18-19(9-12)27-21(26-18)15-6-4-13(24)10-16(15)14-5-2-11(20(25)28)8-17(14)22(29)30/h2-10H,1H3,(H2,25,28)(H,26,27)(H,29,30). The lowest BCUT2D eigenvalue weighted by molar-refractivity contribution is 0.0599. The number of carboxylic acids is 1. The van der Waals surface area contributed by atoms with Gasteiger partial charge in [0.25, 0.3) is 0 Å². The molecule has 0 aliphatic heterocycles. The third-order valence-electron chi connectivity index (χ3n) is 4.96. The maximum absolute atomic E-state index is 11.9. The van der Waals surface area contributed by atoms with Gasteiger partial charge in [0.1, 0.15) is 5.82 Å². The summed E-state index contributed by atoms with van der Waals surface area (Å²) in [5, 5.41) is 10.1. The van der Waals surface area contributed by atoms with Crippen molar-refractivity contribution in [3.8, 4) is 22.5 Å². The topological polar surface area (TPSA) is 135 Å². The van der Waals surface area contributed by atoms with Crippen LogP contribution in [-0.4, -0.2) is 40.0 Å². The molecule has 0 bridgehead atoms. The summed E-state index contributed by atoms with van der Waals surface area (Å²) in [7, 11) is 1.30. The van der Waals surface area contributed by atoms with Gasteiger partial charge < -0.3 is 20.6 Å². The van der Waals surface area contributed by atoms with Crippen molar-refractivity contribution in [3.63, 3.8) is 0 Å². The van der Waals surface area contributed by atoms with Crippen LogP contribution in [0.5, 0.6) is 0 Å². The number of fused-ring (bicyclic) bond motifs is 1. The molecular formula is C23H16ClN3O5. The summed E-state index contributed by atoms with van der Waals surface area (Å²) >= 11 is 6.21. The van der Waals surface area contributed by atoms with Gasteiger partial charge in [0.15, 0.2) is 0 Å². The molecule has 1 heterocycles. The molecule has 1 amide bonds. The fourth-order valence-electron chi connectivity index (χ4n) is 3.44. The van der Waals surface area contributed by atoms with E-state index in [1.807, 2.05) is 0 Å². The predicted octanol–water partition coefficient (Wildman–Crippen LogP) is 4.13. The number of aromatic amines is 1. The molecule has 9 heteroatoms. The molecule has 0 aliphatic rings. The number of ether oxygens (including phenoxy) is 1. The van der Waals surface area contributed by atoms with Crippen LogP contribution in [0.2, 0.25) is 5.02 Å². The van der Waals surface area contributed by atoms with Gasteiger partial charge in [-0.05, 0) is 59.7 Å². The quantitative estimate of drug-likeness (QED) is 0.392. The highest BCUT2D eigenvalue weighted by Crippen LogP contribution is 2.36. The largest absolute Gasteiger partial charge is 0.478 e. The number of H-pyrrole nitrogens is 1. The minimum Gasteiger partial charge on any atom is -0.478 e. The third-order valence-corrected chi connectivity index (χ3v) is 5.20. The van der Waals surface area contributed by atoms with Crippen LogP contribution in [0.4, 0.5) is 0 Å². The summed E-state index contributed by atoms with van der Waals surface area (Å²) in [5.41, 5.74) is 8.27. The summed E-state index contributed by atoms with van der Waals surface area (Å²) in [4.78, 5) is 43.0. The normalized spacial score (nSPS) is 10.8. The lowest BCUT2D eigenvalue weighted by atomic mass is 9.93. The number of benzene rings is 3. The molecule has 4 N–H and O–H groups in total. The molecule has 0 unspecified atom stereocenters. The van der Waals surface area contributed by atoms with E-state index in [9.17, 15) is 19.5 Å². The number of aromatic carboxylic acids is 1.